The molecule has 0 atom stereocenters. The zero-order chi connectivity index (χ0) is 12.6. The van der Waals surface area contributed by atoms with Crippen LogP contribution in [0.1, 0.15) is 20.8 Å². The highest BCUT2D eigenvalue weighted by Crippen LogP contribution is 1.95. The van der Waals surface area contributed by atoms with E-state index in [0.717, 1.165) is 5.71 Å². The summed E-state index contributed by atoms with van der Waals surface area (Å²) < 4.78 is 21.6. The quantitative estimate of drug-likeness (QED) is 0.390. The third-order valence-electron chi connectivity index (χ3n) is 2.06. The molecule has 0 aromatic heterocycles. The fraction of sp³-hybridized carbons (Fsp3) is 0.900. The summed E-state index contributed by atoms with van der Waals surface area (Å²) in [5.74, 6) is 0.541. The molecule has 16 heavy (non-hydrogen) atoms. The molecular formula is C10H22N2O3S. The molecule has 0 rings (SSSR count). The van der Waals surface area contributed by atoms with E-state index in [-0.39, 0.29) is 5.75 Å². The van der Waals surface area contributed by atoms with Crippen molar-refractivity contribution in [3.05, 3.63) is 0 Å². The normalized spacial score (nSPS) is 13.2. The van der Waals surface area contributed by atoms with Crippen molar-refractivity contribution >= 4 is 15.5 Å². The molecule has 0 radical (unpaired) electrons. The van der Waals surface area contributed by atoms with Gasteiger partial charge in [0.05, 0.1) is 11.5 Å². The van der Waals surface area contributed by atoms with Gasteiger partial charge in [-0.25, -0.2) is 8.42 Å². The number of oxime groups is 1. The van der Waals surface area contributed by atoms with Gasteiger partial charge in [0, 0.05) is 19.3 Å². The molecule has 0 aliphatic heterocycles. The van der Waals surface area contributed by atoms with Crippen LogP contribution in [-0.4, -0.2) is 45.8 Å². The van der Waals surface area contributed by atoms with Gasteiger partial charge in [-0.3, -0.25) is 0 Å². The van der Waals surface area contributed by atoms with Gasteiger partial charge in [-0.05, 0) is 12.8 Å². The van der Waals surface area contributed by atoms with Gasteiger partial charge in [-0.2, -0.15) is 0 Å². The molecular weight excluding hydrogens is 228 g/mol. The van der Waals surface area contributed by atoms with Crippen LogP contribution in [0.5, 0.6) is 0 Å². The Morgan fingerprint density at radius 3 is 2.50 bits per heavy atom. The Labute approximate surface area is 98.2 Å². The van der Waals surface area contributed by atoms with E-state index in [1.165, 1.54) is 6.26 Å². The molecule has 0 aliphatic rings. The van der Waals surface area contributed by atoms with Gasteiger partial charge in [-0.15, -0.1) is 0 Å². The van der Waals surface area contributed by atoms with E-state index < -0.39 is 9.84 Å². The maximum absolute atomic E-state index is 10.8. The molecule has 0 bridgehead atoms. The van der Waals surface area contributed by atoms with Crippen molar-refractivity contribution in [1.82, 2.24) is 5.32 Å². The van der Waals surface area contributed by atoms with E-state index in [9.17, 15) is 8.42 Å². The van der Waals surface area contributed by atoms with Crippen LogP contribution in [0.25, 0.3) is 0 Å². The molecule has 0 amide bonds. The average Bonchev–Trinajstić information content (AvgIpc) is 2.14. The maximum Gasteiger partial charge on any atom is 0.148 e. The van der Waals surface area contributed by atoms with Crippen LogP contribution in [0.2, 0.25) is 0 Å². The van der Waals surface area contributed by atoms with Gasteiger partial charge in [0.1, 0.15) is 16.4 Å². The van der Waals surface area contributed by atoms with E-state index in [0.29, 0.717) is 25.6 Å². The fourth-order valence-electron chi connectivity index (χ4n) is 0.753. The van der Waals surface area contributed by atoms with Gasteiger partial charge in [-0.1, -0.05) is 19.0 Å². The molecule has 0 aromatic rings. The Hall–Kier alpha value is -0.620. The summed E-state index contributed by atoms with van der Waals surface area (Å²) in [5, 5.41) is 6.90. The van der Waals surface area contributed by atoms with E-state index >= 15 is 0 Å². The van der Waals surface area contributed by atoms with Crippen LogP contribution in [0.3, 0.4) is 0 Å². The Morgan fingerprint density at radius 2 is 2.00 bits per heavy atom. The van der Waals surface area contributed by atoms with Crippen molar-refractivity contribution in [2.45, 2.75) is 20.8 Å². The number of sulfone groups is 1. The summed E-state index contributed by atoms with van der Waals surface area (Å²) in [6, 6.07) is 0. The van der Waals surface area contributed by atoms with Gasteiger partial charge < -0.3 is 10.2 Å². The summed E-state index contributed by atoms with van der Waals surface area (Å²) in [4.78, 5) is 5.06. The van der Waals surface area contributed by atoms with Crippen LogP contribution in [0.15, 0.2) is 5.16 Å². The minimum atomic E-state index is -2.87. The van der Waals surface area contributed by atoms with Gasteiger partial charge in [0.2, 0.25) is 0 Å². The standard InChI is InChI=1S/C10H22N2O3S/c1-9(2)10(3)12-15-7-5-11-6-8-16(4,13)14/h9,11H,5-8H2,1-4H3/b12-10+. The van der Waals surface area contributed by atoms with Gasteiger partial charge >= 0.3 is 0 Å². The maximum atomic E-state index is 10.8. The number of hydrogen-bond donors (Lipinski definition) is 1. The smallest absolute Gasteiger partial charge is 0.148 e. The first-order chi connectivity index (χ1) is 7.33. The van der Waals surface area contributed by atoms with Gasteiger partial charge in [0.25, 0.3) is 0 Å². The van der Waals surface area contributed by atoms with E-state index in [4.69, 9.17) is 4.84 Å². The summed E-state index contributed by atoms with van der Waals surface area (Å²) in [5.41, 5.74) is 0.955. The van der Waals surface area contributed by atoms with Crippen LogP contribution < -0.4 is 5.32 Å². The second-order valence-corrected chi connectivity index (χ2v) is 6.36. The molecule has 0 fully saturated rings. The number of hydrogen-bond acceptors (Lipinski definition) is 5. The lowest BCUT2D eigenvalue weighted by Crippen LogP contribution is -2.25. The SMILES string of the molecule is C/C(=N\OCCNCCS(C)(=O)=O)C(C)C. The van der Waals surface area contributed by atoms with Crippen molar-refractivity contribution in [2.75, 3.05) is 31.7 Å². The highest BCUT2D eigenvalue weighted by molar-refractivity contribution is 7.90. The van der Waals surface area contributed by atoms with Crippen LogP contribution >= 0.6 is 0 Å². The lowest BCUT2D eigenvalue weighted by atomic mass is 10.1. The third-order valence-corrected chi connectivity index (χ3v) is 3.01. The Bertz CT molecular complexity index is 310. The monoisotopic (exact) mass is 250 g/mol. The van der Waals surface area contributed by atoms with E-state index in [2.05, 4.69) is 10.5 Å². The minimum absolute atomic E-state index is 0.154. The fourth-order valence-corrected chi connectivity index (χ4v) is 1.27. The highest BCUT2D eigenvalue weighted by Gasteiger charge is 2.00. The van der Waals surface area contributed by atoms with E-state index in [1.807, 2.05) is 20.8 Å². The average molecular weight is 250 g/mol. The van der Waals surface area contributed by atoms with Crippen molar-refractivity contribution in [3.8, 4) is 0 Å². The molecule has 0 aliphatic carbocycles. The van der Waals surface area contributed by atoms with Crippen LogP contribution in [0, 0.1) is 5.92 Å². The Morgan fingerprint density at radius 1 is 1.38 bits per heavy atom. The summed E-state index contributed by atoms with van der Waals surface area (Å²) in [6.07, 6.45) is 1.22. The molecule has 5 nitrogen and oxygen atoms in total. The van der Waals surface area contributed by atoms with Crippen LogP contribution in [-0.2, 0) is 14.7 Å². The number of nitrogens with one attached hydrogen (secondary N) is 1. The van der Waals surface area contributed by atoms with Crippen LogP contribution in [0.4, 0.5) is 0 Å². The van der Waals surface area contributed by atoms with Crippen molar-refractivity contribution in [2.24, 2.45) is 11.1 Å². The highest BCUT2D eigenvalue weighted by atomic mass is 32.2. The molecule has 1 N–H and O–H groups in total. The molecule has 0 saturated carbocycles. The second kappa shape index (κ2) is 7.62. The summed E-state index contributed by atoms with van der Waals surface area (Å²) in [6.45, 7) is 7.52. The number of rotatable bonds is 8. The van der Waals surface area contributed by atoms with E-state index in [1.54, 1.807) is 0 Å². The number of nitrogens with zero attached hydrogens (tertiary/aromatic N) is 1. The second-order valence-electron chi connectivity index (χ2n) is 4.10. The lowest BCUT2D eigenvalue weighted by molar-refractivity contribution is 0.145. The lowest BCUT2D eigenvalue weighted by Gasteiger charge is -2.05. The Kier molecular flexibility index (Phi) is 7.33. The molecule has 6 heteroatoms. The molecule has 96 valence electrons. The third kappa shape index (κ3) is 9.92. The first kappa shape index (κ1) is 15.4. The topological polar surface area (TPSA) is 67.8 Å². The largest absolute Gasteiger partial charge is 0.394 e. The first-order valence-electron chi connectivity index (χ1n) is 5.38. The predicted molar refractivity (Wildman–Crippen MR) is 66.5 cm³/mol. The van der Waals surface area contributed by atoms with Crippen molar-refractivity contribution < 1.29 is 13.3 Å². The zero-order valence-corrected chi connectivity index (χ0v) is 11.3. The minimum Gasteiger partial charge on any atom is -0.394 e. The molecule has 0 unspecified atom stereocenters. The van der Waals surface area contributed by atoms with Gasteiger partial charge in [0.15, 0.2) is 0 Å². The summed E-state index contributed by atoms with van der Waals surface area (Å²) >= 11 is 0. The molecule has 0 spiro atoms. The van der Waals surface area contributed by atoms with Crippen molar-refractivity contribution in [1.29, 1.82) is 0 Å². The zero-order valence-electron chi connectivity index (χ0n) is 10.5. The first-order valence-corrected chi connectivity index (χ1v) is 7.44. The molecule has 0 heterocycles. The predicted octanol–water partition coefficient (Wildman–Crippen LogP) is 0.669. The summed E-state index contributed by atoms with van der Waals surface area (Å²) in [7, 11) is -2.87. The Balaban J connectivity index is 3.45. The molecule has 0 aromatic carbocycles. The van der Waals surface area contributed by atoms with Crippen molar-refractivity contribution in [3.63, 3.8) is 0 Å². The molecule has 0 saturated heterocycles.